The third-order valence-corrected chi connectivity index (χ3v) is 7.45. The lowest BCUT2D eigenvalue weighted by Gasteiger charge is -2.26. The van der Waals surface area contributed by atoms with Crippen molar-refractivity contribution in [2.45, 2.75) is 29.8 Å². The van der Waals surface area contributed by atoms with Crippen molar-refractivity contribution in [3.63, 3.8) is 0 Å². The van der Waals surface area contributed by atoms with Crippen molar-refractivity contribution in [2.75, 3.05) is 31.8 Å². The van der Waals surface area contributed by atoms with Crippen molar-refractivity contribution in [3.05, 3.63) is 59.4 Å². The van der Waals surface area contributed by atoms with E-state index in [0.29, 0.717) is 18.2 Å². The second kappa shape index (κ2) is 10.8. The number of anilines is 1. The number of ether oxygens (including phenoxy) is 2. The highest BCUT2D eigenvalue weighted by molar-refractivity contribution is 8.01. The highest BCUT2D eigenvalue weighted by Gasteiger charge is 2.32. The van der Waals surface area contributed by atoms with Crippen molar-refractivity contribution in [2.24, 2.45) is 0 Å². The van der Waals surface area contributed by atoms with Crippen LogP contribution in [0.5, 0.6) is 11.5 Å². The first-order valence-electron chi connectivity index (χ1n) is 10.5. The summed E-state index contributed by atoms with van der Waals surface area (Å²) in [6, 6.07) is 12.0. The van der Waals surface area contributed by atoms with E-state index in [1.807, 2.05) is 23.1 Å². The van der Waals surface area contributed by atoms with Crippen LogP contribution in [0.25, 0.3) is 0 Å². The summed E-state index contributed by atoms with van der Waals surface area (Å²) in [5.74, 6) is 1.59. The van der Waals surface area contributed by atoms with Crippen LogP contribution in [-0.4, -0.2) is 47.5 Å². The second-order valence-corrected chi connectivity index (χ2v) is 9.69. The number of carbonyl (C=O) groups excluding carboxylic acids is 1. The van der Waals surface area contributed by atoms with Crippen molar-refractivity contribution in [3.8, 4) is 11.5 Å². The molecule has 33 heavy (non-hydrogen) atoms. The smallest absolute Gasteiger partial charge is 0.233 e. The van der Waals surface area contributed by atoms with Gasteiger partial charge in [-0.1, -0.05) is 35.2 Å². The molecule has 4 rings (SSSR count). The minimum Gasteiger partial charge on any atom is -0.497 e. The van der Waals surface area contributed by atoms with Gasteiger partial charge < -0.3 is 19.7 Å². The van der Waals surface area contributed by atoms with Crippen molar-refractivity contribution in [1.82, 2.24) is 15.1 Å². The lowest BCUT2D eigenvalue weighted by molar-refractivity contribution is -0.129. The van der Waals surface area contributed by atoms with Crippen LogP contribution >= 0.6 is 23.1 Å². The molecule has 1 N–H and O–H groups in total. The molecular weight excluding hydrogens is 463 g/mol. The lowest BCUT2D eigenvalue weighted by atomic mass is 10.0. The summed E-state index contributed by atoms with van der Waals surface area (Å²) in [7, 11) is 3.27. The normalized spacial score (nSPS) is 15.5. The van der Waals surface area contributed by atoms with Gasteiger partial charge in [0, 0.05) is 18.7 Å². The molecule has 1 atom stereocenters. The van der Waals surface area contributed by atoms with Crippen molar-refractivity contribution in [1.29, 1.82) is 0 Å². The number of likely N-dealkylation sites (tertiary alicyclic amines) is 1. The van der Waals surface area contributed by atoms with E-state index >= 15 is 0 Å². The van der Waals surface area contributed by atoms with E-state index in [1.54, 1.807) is 26.4 Å². The summed E-state index contributed by atoms with van der Waals surface area (Å²) in [4.78, 5) is 15.0. The number of hydrogen-bond acceptors (Lipinski definition) is 8. The number of nitrogens with one attached hydrogen (secondary N) is 1. The molecule has 7 nitrogen and oxygen atoms in total. The molecule has 2 heterocycles. The second-order valence-electron chi connectivity index (χ2n) is 7.49. The summed E-state index contributed by atoms with van der Waals surface area (Å²) in [5, 5.41) is 12.2. The fourth-order valence-electron chi connectivity index (χ4n) is 3.81. The molecule has 2 aromatic carbocycles. The summed E-state index contributed by atoms with van der Waals surface area (Å²) < 4.78 is 24.7. The molecule has 3 aromatic rings. The Labute approximate surface area is 200 Å². The number of aromatic nitrogens is 2. The molecule has 1 unspecified atom stereocenters. The summed E-state index contributed by atoms with van der Waals surface area (Å²) >= 11 is 2.78. The molecule has 1 fully saturated rings. The third-order valence-electron chi connectivity index (χ3n) is 5.45. The highest BCUT2D eigenvalue weighted by atomic mass is 32.2. The van der Waals surface area contributed by atoms with E-state index < -0.39 is 0 Å². The number of amides is 1. The molecule has 1 aromatic heterocycles. The van der Waals surface area contributed by atoms with Crippen LogP contribution in [0.1, 0.15) is 30.0 Å². The zero-order valence-corrected chi connectivity index (χ0v) is 20.0. The van der Waals surface area contributed by atoms with Gasteiger partial charge in [-0.05, 0) is 48.7 Å². The number of thioether (sulfide) groups is 1. The molecule has 1 aliphatic heterocycles. The van der Waals surface area contributed by atoms with Gasteiger partial charge in [0.15, 0.2) is 4.34 Å². The molecule has 1 saturated heterocycles. The Morgan fingerprint density at radius 2 is 2.03 bits per heavy atom. The Morgan fingerprint density at radius 3 is 2.79 bits per heavy atom. The average molecular weight is 489 g/mol. The first-order valence-corrected chi connectivity index (χ1v) is 12.3. The quantitative estimate of drug-likeness (QED) is 0.435. The Kier molecular flexibility index (Phi) is 7.66. The van der Waals surface area contributed by atoms with Gasteiger partial charge in [0.2, 0.25) is 11.0 Å². The highest BCUT2D eigenvalue weighted by Crippen LogP contribution is 2.39. The third kappa shape index (κ3) is 5.75. The maximum Gasteiger partial charge on any atom is 0.233 e. The fraction of sp³-hybridized carbons (Fsp3) is 0.348. The lowest BCUT2D eigenvalue weighted by Crippen LogP contribution is -2.32. The molecular formula is C23H25FN4O3S2. The molecule has 0 spiro atoms. The van der Waals surface area contributed by atoms with Gasteiger partial charge in [0.1, 0.15) is 17.3 Å². The molecule has 10 heteroatoms. The predicted octanol–water partition coefficient (Wildman–Crippen LogP) is 4.76. The van der Waals surface area contributed by atoms with E-state index in [-0.39, 0.29) is 23.5 Å². The Balaban J connectivity index is 1.34. The maximum atomic E-state index is 13.0. The first kappa shape index (κ1) is 23.3. The number of rotatable bonds is 9. The fourth-order valence-corrected chi connectivity index (χ4v) is 5.45. The number of halogens is 1. The van der Waals surface area contributed by atoms with Crippen molar-refractivity contribution >= 4 is 34.1 Å². The number of benzene rings is 2. The predicted molar refractivity (Wildman–Crippen MR) is 128 cm³/mol. The summed E-state index contributed by atoms with van der Waals surface area (Å²) in [6.07, 6.45) is 1.83. The minimum absolute atomic E-state index is 0.0366. The molecule has 1 amide bonds. The molecule has 0 saturated carbocycles. The number of methoxy groups -OCH3 is 2. The van der Waals surface area contributed by atoms with Crippen LogP contribution in [-0.2, 0) is 11.3 Å². The standard InChI is InChI=1S/C23H25FN4O3S2/c1-30-17-9-10-20(31-2)18(12-17)19-4-3-11-28(19)21(29)14-32-23-27-26-22(33-23)25-13-15-5-7-16(24)8-6-15/h5-10,12,19H,3-4,11,13-14H2,1-2H3,(H,25,26). The summed E-state index contributed by atoms with van der Waals surface area (Å²) in [6.45, 7) is 1.24. The first-order chi connectivity index (χ1) is 16.1. The van der Waals surface area contributed by atoms with Gasteiger partial charge in [-0.25, -0.2) is 4.39 Å². The van der Waals surface area contributed by atoms with Gasteiger partial charge in [0.25, 0.3) is 0 Å². The Morgan fingerprint density at radius 1 is 1.21 bits per heavy atom. The largest absolute Gasteiger partial charge is 0.497 e. The molecule has 0 aliphatic carbocycles. The van der Waals surface area contributed by atoms with Gasteiger partial charge in [-0.2, -0.15) is 0 Å². The number of carbonyl (C=O) groups is 1. The zero-order valence-electron chi connectivity index (χ0n) is 18.4. The SMILES string of the molecule is COc1ccc(OC)c(C2CCCN2C(=O)CSc2nnc(NCc3ccc(F)cc3)s2)c1. The van der Waals surface area contributed by atoms with E-state index in [1.165, 1.54) is 35.2 Å². The van der Waals surface area contributed by atoms with Gasteiger partial charge in [-0.3, -0.25) is 4.79 Å². The molecule has 174 valence electrons. The zero-order chi connectivity index (χ0) is 23.2. The topological polar surface area (TPSA) is 76.6 Å². The summed E-state index contributed by atoms with van der Waals surface area (Å²) in [5.41, 5.74) is 1.92. The van der Waals surface area contributed by atoms with E-state index in [0.717, 1.165) is 39.8 Å². The van der Waals surface area contributed by atoms with Gasteiger partial charge in [-0.15, -0.1) is 10.2 Å². The average Bonchev–Trinajstić information content (AvgIpc) is 3.51. The van der Waals surface area contributed by atoms with Crippen LogP contribution < -0.4 is 14.8 Å². The van der Waals surface area contributed by atoms with Gasteiger partial charge in [0.05, 0.1) is 26.0 Å². The minimum atomic E-state index is -0.261. The Bertz CT molecular complexity index is 1090. The molecule has 1 aliphatic rings. The van der Waals surface area contributed by atoms with Crippen LogP contribution in [0.2, 0.25) is 0 Å². The molecule has 0 radical (unpaired) electrons. The van der Waals surface area contributed by atoms with E-state index in [9.17, 15) is 9.18 Å². The van der Waals surface area contributed by atoms with Crippen LogP contribution in [0, 0.1) is 5.82 Å². The number of hydrogen-bond donors (Lipinski definition) is 1. The van der Waals surface area contributed by atoms with E-state index in [4.69, 9.17) is 9.47 Å². The van der Waals surface area contributed by atoms with Crippen molar-refractivity contribution < 1.29 is 18.7 Å². The van der Waals surface area contributed by atoms with Gasteiger partial charge >= 0.3 is 0 Å². The monoisotopic (exact) mass is 488 g/mol. The molecule has 0 bridgehead atoms. The van der Waals surface area contributed by atoms with E-state index in [2.05, 4.69) is 15.5 Å². The van der Waals surface area contributed by atoms with Crippen LogP contribution in [0.3, 0.4) is 0 Å². The Hall–Kier alpha value is -2.85. The van der Waals surface area contributed by atoms with Crippen LogP contribution in [0.15, 0.2) is 46.8 Å². The maximum absolute atomic E-state index is 13.0. The van der Waals surface area contributed by atoms with Crippen LogP contribution in [0.4, 0.5) is 9.52 Å². The number of nitrogens with zero attached hydrogens (tertiary/aromatic N) is 3.